The molecule has 0 aliphatic heterocycles. The van der Waals surface area contributed by atoms with Crippen LogP contribution in [0.5, 0.6) is 0 Å². The molecule has 0 radical (unpaired) electrons. The Balaban J connectivity index is 2.52. The fraction of sp³-hybridized carbons (Fsp3) is 0.462. The third-order valence-corrected chi connectivity index (χ3v) is 3.16. The number of carbonyl (C=O) groups excluding carboxylic acids is 1. The van der Waals surface area contributed by atoms with E-state index in [4.69, 9.17) is 0 Å². The molecule has 0 aliphatic rings. The monoisotopic (exact) mass is 299 g/mol. The topological polar surface area (TPSA) is 49.3 Å². The Kier molecular flexibility index (Phi) is 5.65. The second-order valence-corrected chi connectivity index (χ2v) is 4.98. The summed E-state index contributed by atoms with van der Waals surface area (Å²) < 4.78 is 0.966. The lowest BCUT2D eigenvalue weighted by Gasteiger charge is -2.10. The van der Waals surface area contributed by atoms with Crippen molar-refractivity contribution in [2.75, 3.05) is 6.54 Å². The number of halogens is 1. The standard InChI is InChI=1S/C13H18BrNO2/c1-3-11(16)6-7-15-13(17)12-5-4-10(14)8-9(12)2/h4-5,8,11,16H,3,6-7H2,1-2H3,(H,15,17). The number of rotatable bonds is 5. The molecule has 1 rings (SSSR count). The first-order chi connectivity index (χ1) is 8.04. The lowest BCUT2D eigenvalue weighted by atomic mass is 10.1. The predicted octanol–water partition coefficient (Wildman–Crippen LogP) is 2.65. The highest BCUT2D eigenvalue weighted by molar-refractivity contribution is 9.10. The Morgan fingerprint density at radius 3 is 2.82 bits per heavy atom. The molecule has 0 spiro atoms. The summed E-state index contributed by atoms with van der Waals surface area (Å²) in [5.74, 6) is -0.0849. The smallest absolute Gasteiger partial charge is 0.251 e. The molecule has 0 bridgehead atoms. The molecule has 0 aliphatic carbocycles. The van der Waals surface area contributed by atoms with Gasteiger partial charge in [0.15, 0.2) is 0 Å². The van der Waals surface area contributed by atoms with Crippen LogP contribution in [-0.2, 0) is 0 Å². The number of aryl methyl sites for hydroxylation is 1. The summed E-state index contributed by atoms with van der Waals surface area (Å²) in [5.41, 5.74) is 1.62. The minimum absolute atomic E-state index is 0.0849. The van der Waals surface area contributed by atoms with Crippen molar-refractivity contribution in [2.45, 2.75) is 32.8 Å². The molecule has 0 aromatic heterocycles. The lowest BCUT2D eigenvalue weighted by Crippen LogP contribution is -2.27. The predicted molar refractivity (Wildman–Crippen MR) is 72.1 cm³/mol. The summed E-state index contributed by atoms with van der Waals surface area (Å²) in [6, 6.07) is 5.56. The molecule has 3 nitrogen and oxygen atoms in total. The number of benzene rings is 1. The van der Waals surface area contributed by atoms with Crippen LogP contribution in [0.4, 0.5) is 0 Å². The van der Waals surface area contributed by atoms with E-state index in [1.807, 2.05) is 26.0 Å². The van der Waals surface area contributed by atoms with Crippen molar-refractivity contribution < 1.29 is 9.90 Å². The number of nitrogens with one attached hydrogen (secondary N) is 1. The SMILES string of the molecule is CCC(O)CCNC(=O)c1ccc(Br)cc1C. The summed E-state index contributed by atoms with van der Waals surface area (Å²) in [7, 11) is 0. The maximum atomic E-state index is 11.8. The molecular formula is C13H18BrNO2. The number of hydrogen-bond donors (Lipinski definition) is 2. The minimum atomic E-state index is -0.332. The highest BCUT2D eigenvalue weighted by Crippen LogP contribution is 2.15. The van der Waals surface area contributed by atoms with Gasteiger partial charge in [-0.05, 0) is 43.5 Å². The van der Waals surface area contributed by atoms with Crippen molar-refractivity contribution in [2.24, 2.45) is 0 Å². The number of amides is 1. The van der Waals surface area contributed by atoms with Crippen molar-refractivity contribution >= 4 is 21.8 Å². The van der Waals surface area contributed by atoms with E-state index in [1.54, 1.807) is 6.07 Å². The van der Waals surface area contributed by atoms with Gasteiger partial charge in [-0.1, -0.05) is 22.9 Å². The van der Waals surface area contributed by atoms with Gasteiger partial charge in [0.2, 0.25) is 0 Å². The van der Waals surface area contributed by atoms with Gasteiger partial charge in [0, 0.05) is 16.6 Å². The van der Waals surface area contributed by atoms with E-state index in [1.165, 1.54) is 0 Å². The summed E-state index contributed by atoms with van der Waals surface area (Å²) in [4.78, 5) is 11.8. The zero-order chi connectivity index (χ0) is 12.8. The van der Waals surface area contributed by atoms with Gasteiger partial charge in [0.05, 0.1) is 6.10 Å². The first-order valence-corrected chi connectivity index (χ1v) is 6.56. The Morgan fingerprint density at radius 2 is 2.24 bits per heavy atom. The zero-order valence-electron chi connectivity index (χ0n) is 10.2. The average Bonchev–Trinajstić information content (AvgIpc) is 2.28. The van der Waals surface area contributed by atoms with Crippen molar-refractivity contribution in [3.8, 4) is 0 Å². The van der Waals surface area contributed by atoms with Crippen LogP contribution in [0.3, 0.4) is 0 Å². The minimum Gasteiger partial charge on any atom is -0.393 e. The van der Waals surface area contributed by atoms with Gasteiger partial charge >= 0.3 is 0 Å². The fourth-order valence-corrected chi connectivity index (χ4v) is 2.01. The quantitative estimate of drug-likeness (QED) is 0.878. The van der Waals surface area contributed by atoms with Crippen molar-refractivity contribution in [1.82, 2.24) is 5.32 Å². The molecule has 1 atom stereocenters. The molecule has 1 aromatic carbocycles. The van der Waals surface area contributed by atoms with Crippen molar-refractivity contribution in [3.05, 3.63) is 33.8 Å². The number of aliphatic hydroxyl groups excluding tert-OH is 1. The van der Waals surface area contributed by atoms with E-state index in [0.717, 1.165) is 10.0 Å². The molecule has 17 heavy (non-hydrogen) atoms. The molecule has 0 fully saturated rings. The molecule has 0 saturated carbocycles. The van der Waals surface area contributed by atoms with E-state index in [9.17, 15) is 9.90 Å². The van der Waals surface area contributed by atoms with Crippen LogP contribution in [0.15, 0.2) is 22.7 Å². The molecule has 4 heteroatoms. The van der Waals surface area contributed by atoms with Crippen molar-refractivity contribution in [1.29, 1.82) is 0 Å². The van der Waals surface area contributed by atoms with Gasteiger partial charge in [-0.3, -0.25) is 4.79 Å². The Labute approximate surface area is 110 Å². The first kappa shape index (κ1) is 14.2. The van der Waals surface area contributed by atoms with Crippen LogP contribution in [0.1, 0.15) is 35.7 Å². The zero-order valence-corrected chi connectivity index (χ0v) is 11.8. The molecular weight excluding hydrogens is 282 g/mol. The van der Waals surface area contributed by atoms with E-state index in [-0.39, 0.29) is 12.0 Å². The fourth-order valence-electron chi connectivity index (χ4n) is 1.53. The number of carbonyl (C=O) groups is 1. The largest absolute Gasteiger partial charge is 0.393 e. The second-order valence-electron chi connectivity index (χ2n) is 4.07. The molecule has 1 amide bonds. The van der Waals surface area contributed by atoms with Gasteiger partial charge < -0.3 is 10.4 Å². The van der Waals surface area contributed by atoms with Gasteiger partial charge in [0.25, 0.3) is 5.91 Å². The van der Waals surface area contributed by atoms with Gasteiger partial charge in [-0.25, -0.2) is 0 Å². The molecule has 2 N–H and O–H groups in total. The normalized spacial score (nSPS) is 12.2. The number of hydrogen-bond acceptors (Lipinski definition) is 2. The highest BCUT2D eigenvalue weighted by Gasteiger charge is 2.09. The van der Waals surface area contributed by atoms with Crippen molar-refractivity contribution in [3.63, 3.8) is 0 Å². The third kappa shape index (κ3) is 4.48. The summed E-state index contributed by atoms with van der Waals surface area (Å²) in [5, 5.41) is 12.2. The second kappa shape index (κ2) is 6.77. The molecule has 1 aromatic rings. The average molecular weight is 300 g/mol. The summed E-state index contributed by atoms with van der Waals surface area (Å²) >= 11 is 3.36. The van der Waals surface area contributed by atoms with Crippen LogP contribution < -0.4 is 5.32 Å². The maximum absolute atomic E-state index is 11.8. The Morgan fingerprint density at radius 1 is 1.53 bits per heavy atom. The van der Waals surface area contributed by atoms with Gasteiger partial charge in [0.1, 0.15) is 0 Å². The van der Waals surface area contributed by atoms with Crippen LogP contribution in [-0.4, -0.2) is 23.7 Å². The van der Waals surface area contributed by atoms with Crippen LogP contribution in [0, 0.1) is 6.92 Å². The summed E-state index contributed by atoms with van der Waals surface area (Å²) in [6.45, 7) is 4.33. The molecule has 0 saturated heterocycles. The van der Waals surface area contributed by atoms with E-state index in [0.29, 0.717) is 24.9 Å². The maximum Gasteiger partial charge on any atom is 0.251 e. The molecule has 0 heterocycles. The van der Waals surface area contributed by atoms with Crippen LogP contribution in [0.25, 0.3) is 0 Å². The van der Waals surface area contributed by atoms with Gasteiger partial charge in [-0.15, -0.1) is 0 Å². The molecule has 94 valence electrons. The Hall–Kier alpha value is -0.870. The molecule has 1 unspecified atom stereocenters. The first-order valence-electron chi connectivity index (χ1n) is 5.77. The van der Waals surface area contributed by atoms with E-state index >= 15 is 0 Å². The van der Waals surface area contributed by atoms with E-state index in [2.05, 4.69) is 21.2 Å². The van der Waals surface area contributed by atoms with Gasteiger partial charge in [-0.2, -0.15) is 0 Å². The Bertz CT molecular complexity index is 393. The summed E-state index contributed by atoms with van der Waals surface area (Å²) in [6.07, 6.45) is 0.978. The van der Waals surface area contributed by atoms with Crippen LogP contribution >= 0.6 is 15.9 Å². The highest BCUT2D eigenvalue weighted by atomic mass is 79.9. The van der Waals surface area contributed by atoms with E-state index < -0.39 is 0 Å². The third-order valence-electron chi connectivity index (χ3n) is 2.67. The lowest BCUT2D eigenvalue weighted by molar-refractivity contribution is 0.0941. The van der Waals surface area contributed by atoms with Crippen LogP contribution in [0.2, 0.25) is 0 Å². The number of aliphatic hydroxyl groups is 1.